The molecule has 3 aromatic rings. The molecule has 1 unspecified atom stereocenters. The van der Waals surface area contributed by atoms with Crippen molar-refractivity contribution in [3.63, 3.8) is 0 Å². The number of alkyl halides is 3. The van der Waals surface area contributed by atoms with Crippen LogP contribution < -0.4 is 15.5 Å². The lowest BCUT2D eigenvalue weighted by Gasteiger charge is -2.37. The van der Waals surface area contributed by atoms with Crippen molar-refractivity contribution in [1.82, 2.24) is 30.0 Å². The summed E-state index contributed by atoms with van der Waals surface area (Å²) < 4.78 is 40.6. The lowest BCUT2D eigenvalue weighted by atomic mass is 10.0. The molecule has 2 N–H and O–H groups in total. The molecule has 0 bridgehead atoms. The number of halogens is 4. The van der Waals surface area contributed by atoms with Gasteiger partial charge in [-0.15, -0.1) is 0 Å². The summed E-state index contributed by atoms with van der Waals surface area (Å²) >= 11 is 6.02. The fraction of sp³-hybridized carbons (Fsp3) is 0.480. The van der Waals surface area contributed by atoms with E-state index in [4.69, 9.17) is 18.2 Å². The molecule has 14 heteroatoms. The van der Waals surface area contributed by atoms with Crippen molar-refractivity contribution in [2.24, 2.45) is 0 Å². The zero-order valence-electron chi connectivity index (χ0n) is 21.2. The van der Waals surface area contributed by atoms with Crippen molar-refractivity contribution in [3.8, 4) is 0 Å². The van der Waals surface area contributed by atoms with Crippen LogP contribution in [-0.4, -0.2) is 75.5 Å². The lowest BCUT2D eigenvalue weighted by Crippen LogP contribution is -2.50. The van der Waals surface area contributed by atoms with E-state index >= 15 is 0 Å². The molecule has 1 amide bonds. The van der Waals surface area contributed by atoms with Crippen LogP contribution in [-0.2, 0) is 11.3 Å². The fourth-order valence-electron chi connectivity index (χ4n) is 5.07. The van der Waals surface area contributed by atoms with Crippen LogP contribution in [0.15, 0.2) is 24.4 Å². The van der Waals surface area contributed by atoms with Crippen LogP contribution >= 0.6 is 11.6 Å². The van der Waals surface area contributed by atoms with Gasteiger partial charge in [0.25, 0.3) is 0 Å². The summed E-state index contributed by atoms with van der Waals surface area (Å²) in [6.07, 6.45) is -0.0590. The molecular weight excluding hydrogens is 535 g/mol. The Bertz CT molecular complexity index is 1410. The maximum absolute atomic E-state index is 13.3. The summed E-state index contributed by atoms with van der Waals surface area (Å²) in [6.45, 7) is 8.05. The van der Waals surface area contributed by atoms with Crippen LogP contribution in [0.1, 0.15) is 25.7 Å². The van der Waals surface area contributed by atoms with Gasteiger partial charge in [0.2, 0.25) is 17.5 Å². The van der Waals surface area contributed by atoms with Crippen LogP contribution in [0.4, 0.5) is 36.3 Å². The van der Waals surface area contributed by atoms with Gasteiger partial charge in [-0.25, -0.2) is 9.53 Å². The van der Waals surface area contributed by atoms with Gasteiger partial charge in [-0.2, -0.15) is 28.2 Å². The zero-order valence-corrected chi connectivity index (χ0v) is 21.9. The number of aromatic nitrogens is 4. The highest BCUT2D eigenvalue weighted by atomic mass is 35.5. The van der Waals surface area contributed by atoms with Crippen molar-refractivity contribution in [2.75, 3.05) is 36.9 Å². The summed E-state index contributed by atoms with van der Waals surface area (Å²) in [5.41, 5.74) is 0.673. The number of carbonyl (C=O) groups excluding carboxylic acids is 1. The third kappa shape index (κ3) is 5.86. The minimum atomic E-state index is -4.49. The van der Waals surface area contributed by atoms with Crippen LogP contribution in [0.25, 0.3) is 15.9 Å². The second-order valence-electron chi connectivity index (χ2n) is 9.74. The van der Waals surface area contributed by atoms with E-state index in [1.807, 2.05) is 16.8 Å². The monoisotopic (exact) mass is 561 g/mol. The maximum atomic E-state index is 13.3. The van der Waals surface area contributed by atoms with Crippen molar-refractivity contribution < 1.29 is 18.0 Å². The number of nitrogens with one attached hydrogen (secondary N) is 2. The Morgan fingerprint density at radius 2 is 2.05 bits per heavy atom. The molecule has 2 fully saturated rings. The van der Waals surface area contributed by atoms with Gasteiger partial charge in [-0.05, 0) is 50.4 Å². The number of likely N-dealkylation sites (N-methyl/N-ethyl adjacent to an activating group) is 1. The highest BCUT2D eigenvalue weighted by molar-refractivity contribution is 6.31. The average Bonchev–Trinajstić information content (AvgIpc) is 3.59. The summed E-state index contributed by atoms with van der Waals surface area (Å²) in [5, 5.41) is 10.9. The first-order chi connectivity index (χ1) is 18.6. The number of anilines is 3. The molecule has 0 aliphatic carbocycles. The number of hydrogen-bond acceptors (Lipinski definition) is 7. The van der Waals surface area contributed by atoms with Gasteiger partial charge in [-0.3, -0.25) is 4.79 Å². The lowest BCUT2D eigenvalue weighted by molar-refractivity contribution is -0.142. The van der Waals surface area contributed by atoms with Crippen molar-refractivity contribution in [1.29, 1.82) is 0 Å². The first-order valence-electron chi connectivity index (χ1n) is 12.6. The number of benzene rings is 1. The Kier molecular flexibility index (Phi) is 7.51. The summed E-state index contributed by atoms with van der Waals surface area (Å²) in [4.78, 5) is 29.1. The molecule has 1 aromatic carbocycles. The molecule has 5 rings (SSSR count). The zero-order chi connectivity index (χ0) is 27.7. The number of amides is 1. The molecular formula is C25H27ClF3N9O. The molecule has 0 saturated carbocycles. The second kappa shape index (κ2) is 10.9. The summed E-state index contributed by atoms with van der Waals surface area (Å²) in [6, 6.07) is 4.61. The van der Waals surface area contributed by atoms with E-state index in [9.17, 15) is 18.0 Å². The van der Waals surface area contributed by atoms with E-state index in [1.54, 1.807) is 12.1 Å². The molecule has 2 aliphatic rings. The molecule has 1 atom stereocenters. The SMILES string of the molecule is [C-]#[N+]c1cc(Cl)ccc1Nc1nc(N2CCC(N(C)C(=O)C3CCCN3)CC2)nc2c1cnn2CC(F)(F)F. The molecule has 2 saturated heterocycles. The normalized spacial score (nSPS) is 18.4. The predicted octanol–water partition coefficient (Wildman–Crippen LogP) is 4.52. The number of piperidine rings is 1. The Balaban J connectivity index is 1.42. The number of carbonyl (C=O) groups is 1. The van der Waals surface area contributed by atoms with Gasteiger partial charge >= 0.3 is 6.18 Å². The van der Waals surface area contributed by atoms with E-state index in [-0.39, 0.29) is 46.5 Å². The molecule has 2 aliphatic heterocycles. The van der Waals surface area contributed by atoms with E-state index in [0.29, 0.717) is 36.6 Å². The largest absolute Gasteiger partial charge is 0.408 e. The Hall–Kier alpha value is -3.63. The van der Waals surface area contributed by atoms with Crippen LogP contribution in [0, 0.1) is 6.57 Å². The Labute approximate surface area is 227 Å². The minimum absolute atomic E-state index is 0.0277. The van der Waals surface area contributed by atoms with Gasteiger partial charge in [0, 0.05) is 36.9 Å². The Morgan fingerprint density at radius 3 is 2.72 bits per heavy atom. The van der Waals surface area contributed by atoms with Crippen molar-refractivity contribution in [3.05, 3.63) is 40.8 Å². The molecule has 0 spiro atoms. The van der Waals surface area contributed by atoms with Gasteiger partial charge in [0.1, 0.15) is 12.4 Å². The number of nitrogens with zero attached hydrogens (tertiary/aromatic N) is 7. The number of rotatable bonds is 6. The second-order valence-corrected chi connectivity index (χ2v) is 10.2. The first-order valence-corrected chi connectivity index (χ1v) is 13.0. The molecule has 39 heavy (non-hydrogen) atoms. The highest BCUT2D eigenvalue weighted by Gasteiger charge is 2.33. The van der Waals surface area contributed by atoms with E-state index in [0.717, 1.165) is 24.1 Å². The maximum Gasteiger partial charge on any atom is 0.408 e. The van der Waals surface area contributed by atoms with E-state index in [1.165, 1.54) is 12.3 Å². The standard InChI is InChI=1S/C25H27ClF3N9O/c1-30-20-12-15(26)5-6-18(20)33-21-17-13-32-38(14-25(27,28)29)22(17)35-24(34-21)37-10-7-16(8-11-37)36(2)23(39)19-4-3-9-31-19/h5-6,12-13,16,19,31H,3-4,7-11,14H2,2H3,(H,33,34,35). The van der Waals surface area contributed by atoms with Gasteiger partial charge < -0.3 is 20.4 Å². The van der Waals surface area contributed by atoms with Crippen LogP contribution in [0.3, 0.4) is 0 Å². The van der Waals surface area contributed by atoms with Crippen LogP contribution in [0.5, 0.6) is 0 Å². The molecule has 2 aromatic heterocycles. The number of hydrogen-bond donors (Lipinski definition) is 2. The summed E-state index contributed by atoms with van der Waals surface area (Å²) in [5.74, 6) is 0.569. The molecule has 206 valence electrons. The van der Waals surface area contributed by atoms with E-state index < -0.39 is 12.7 Å². The minimum Gasteiger partial charge on any atom is -0.349 e. The third-order valence-corrected chi connectivity index (χ3v) is 7.38. The predicted molar refractivity (Wildman–Crippen MR) is 141 cm³/mol. The fourth-order valence-corrected chi connectivity index (χ4v) is 5.24. The van der Waals surface area contributed by atoms with Crippen LogP contribution in [0.2, 0.25) is 5.02 Å². The smallest absolute Gasteiger partial charge is 0.349 e. The molecule has 0 radical (unpaired) electrons. The quantitative estimate of drug-likeness (QED) is 0.427. The first kappa shape index (κ1) is 27.0. The highest BCUT2D eigenvalue weighted by Crippen LogP contribution is 2.34. The average molecular weight is 562 g/mol. The van der Waals surface area contributed by atoms with Crippen molar-refractivity contribution in [2.45, 2.75) is 50.5 Å². The third-order valence-electron chi connectivity index (χ3n) is 7.15. The molecule has 4 heterocycles. The Morgan fingerprint density at radius 1 is 1.28 bits per heavy atom. The summed E-state index contributed by atoms with van der Waals surface area (Å²) in [7, 11) is 1.82. The number of fused-ring (bicyclic) bond motifs is 1. The van der Waals surface area contributed by atoms with Crippen molar-refractivity contribution >= 4 is 51.7 Å². The van der Waals surface area contributed by atoms with E-state index in [2.05, 4.69) is 30.5 Å². The molecule has 10 nitrogen and oxygen atoms in total. The van der Waals surface area contributed by atoms with Gasteiger partial charge in [0.05, 0.1) is 24.2 Å². The topological polar surface area (TPSA) is 95.6 Å². The van der Waals surface area contributed by atoms with Gasteiger partial charge in [-0.1, -0.05) is 11.6 Å². The van der Waals surface area contributed by atoms with Gasteiger partial charge in [0.15, 0.2) is 5.65 Å².